The lowest BCUT2D eigenvalue weighted by atomic mass is 10.4. The van der Waals surface area contributed by atoms with Crippen molar-refractivity contribution >= 4 is 12.0 Å². The summed E-state index contributed by atoms with van der Waals surface area (Å²) in [4.78, 5) is 14.8. The average Bonchev–Trinajstić information content (AvgIpc) is 2.65. The van der Waals surface area contributed by atoms with E-state index in [2.05, 4.69) is 4.98 Å². The molecule has 1 aromatic heterocycles. The molecule has 1 unspecified atom stereocenters. The molecule has 3 N–H and O–H groups in total. The predicted molar refractivity (Wildman–Crippen MR) is 52.4 cm³/mol. The summed E-state index contributed by atoms with van der Waals surface area (Å²) in [6.45, 7) is 1.70. The summed E-state index contributed by atoms with van der Waals surface area (Å²) in [5.41, 5.74) is 4.98. The molecule has 5 heteroatoms. The Bertz CT molecular complexity index is 459. The lowest BCUT2D eigenvalue weighted by molar-refractivity contribution is 0.186. The van der Waals surface area contributed by atoms with Gasteiger partial charge in [0.1, 0.15) is 5.82 Å². The van der Waals surface area contributed by atoms with Crippen LogP contribution >= 0.6 is 0 Å². The highest BCUT2D eigenvalue weighted by atomic mass is 16.3. The van der Waals surface area contributed by atoms with E-state index < -0.39 is 11.3 Å². The van der Waals surface area contributed by atoms with Gasteiger partial charge in [-0.3, -0.25) is 4.57 Å². The zero-order valence-corrected chi connectivity index (χ0v) is 7.77. The molecule has 0 saturated heterocycles. The largest absolute Gasteiger partial charge is 0.385 e. The molecule has 1 fully saturated rings. The fourth-order valence-corrected chi connectivity index (χ4v) is 1.20. The van der Waals surface area contributed by atoms with Gasteiger partial charge in [-0.1, -0.05) is 0 Å². The van der Waals surface area contributed by atoms with Crippen LogP contribution in [0.3, 0.4) is 0 Å². The topological polar surface area (TPSA) is 81.1 Å². The van der Waals surface area contributed by atoms with Gasteiger partial charge in [0.25, 0.3) is 0 Å². The first-order valence-electron chi connectivity index (χ1n) is 4.27. The van der Waals surface area contributed by atoms with Crippen molar-refractivity contribution in [2.75, 3.05) is 5.73 Å². The molecule has 1 saturated carbocycles. The smallest absolute Gasteiger partial charge is 0.353 e. The summed E-state index contributed by atoms with van der Waals surface area (Å²) in [6, 6.07) is 1.54. The van der Waals surface area contributed by atoms with Crippen LogP contribution in [0.2, 0.25) is 0 Å². The molecule has 2 rings (SSSR count). The van der Waals surface area contributed by atoms with Crippen molar-refractivity contribution in [3.8, 4) is 0 Å². The Balaban J connectivity index is 2.36. The van der Waals surface area contributed by atoms with Gasteiger partial charge in [-0.25, -0.2) is 4.79 Å². The highest BCUT2D eigenvalue weighted by Gasteiger charge is 2.42. The van der Waals surface area contributed by atoms with Crippen molar-refractivity contribution in [3.63, 3.8) is 0 Å². The lowest BCUT2D eigenvalue weighted by Crippen LogP contribution is -2.19. The second-order valence-electron chi connectivity index (χ2n) is 3.65. The maximum Gasteiger partial charge on any atom is 0.353 e. The Morgan fingerprint density at radius 1 is 1.79 bits per heavy atom. The molecule has 0 amide bonds. The molecule has 1 aliphatic rings. The molecule has 0 aromatic carbocycles. The van der Waals surface area contributed by atoms with E-state index >= 15 is 0 Å². The molecule has 14 heavy (non-hydrogen) atoms. The van der Waals surface area contributed by atoms with Gasteiger partial charge in [0.15, 0.2) is 0 Å². The molecule has 0 bridgehead atoms. The number of hydrogen-bond acceptors (Lipinski definition) is 4. The summed E-state index contributed by atoms with van der Waals surface area (Å²) >= 11 is 0. The number of hydrogen-bond donors (Lipinski definition) is 2. The fraction of sp³-hybridized carbons (Fsp3) is 0.333. The highest BCUT2D eigenvalue weighted by Crippen LogP contribution is 2.42. The molecule has 1 atom stereocenters. The van der Waals surface area contributed by atoms with E-state index in [9.17, 15) is 9.90 Å². The molecule has 0 radical (unpaired) electrons. The third-order valence-electron chi connectivity index (χ3n) is 2.25. The molecular weight excluding hydrogens is 182 g/mol. The van der Waals surface area contributed by atoms with Crippen LogP contribution in [-0.2, 0) is 0 Å². The summed E-state index contributed by atoms with van der Waals surface area (Å²) < 4.78 is 1.31. The third-order valence-corrected chi connectivity index (χ3v) is 2.25. The van der Waals surface area contributed by atoms with Crippen molar-refractivity contribution in [2.45, 2.75) is 18.9 Å². The third kappa shape index (κ3) is 1.54. The van der Waals surface area contributed by atoms with Gasteiger partial charge >= 0.3 is 5.69 Å². The second kappa shape index (κ2) is 2.68. The maximum atomic E-state index is 11.3. The molecule has 0 spiro atoms. The molecule has 1 heterocycles. The van der Waals surface area contributed by atoms with Crippen LogP contribution in [-0.4, -0.2) is 20.3 Å². The Kier molecular flexibility index (Phi) is 1.72. The van der Waals surface area contributed by atoms with Crippen LogP contribution in [0, 0.1) is 0 Å². The predicted octanol–water partition coefficient (Wildman–Crippen LogP) is -0.179. The zero-order chi connectivity index (χ0) is 10.3. The molecule has 1 aliphatic carbocycles. The van der Waals surface area contributed by atoms with E-state index in [-0.39, 0.29) is 5.82 Å². The van der Waals surface area contributed by atoms with E-state index in [1.807, 2.05) is 0 Å². The monoisotopic (exact) mass is 193 g/mol. The van der Waals surface area contributed by atoms with Gasteiger partial charge in [0, 0.05) is 18.8 Å². The van der Waals surface area contributed by atoms with E-state index in [1.165, 1.54) is 16.8 Å². The van der Waals surface area contributed by atoms with Crippen LogP contribution in [0.5, 0.6) is 0 Å². The maximum absolute atomic E-state index is 11.3. The molecule has 1 aromatic rings. The summed E-state index contributed by atoms with van der Waals surface area (Å²) in [5.74, 6) is 0.201. The van der Waals surface area contributed by atoms with Crippen molar-refractivity contribution in [3.05, 3.63) is 28.3 Å². The normalized spacial score (nSPS) is 28.0. The minimum atomic E-state index is -0.749. The summed E-state index contributed by atoms with van der Waals surface area (Å²) in [5, 5.41) is 9.47. The SMILES string of the molecule is CC1(O)CC1=Cn1ccc(N)nc1=O. The average molecular weight is 193 g/mol. The van der Waals surface area contributed by atoms with E-state index in [0.29, 0.717) is 6.42 Å². The Morgan fingerprint density at radius 3 is 2.93 bits per heavy atom. The molecule has 5 nitrogen and oxygen atoms in total. The Morgan fingerprint density at radius 2 is 2.43 bits per heavy atom. The summed E-state index contributed by atoms with van der Waals surface area (Å²) in [7, 11) is 0. The lowest BCUT2D eigenvalue weighted by Gasteiger charge is -1.98. The quantitative estimate of drug-likeness (QED) is 0.648. The van der Waals surface area contributed by atoms with Gasteiger partial charge in [-0.2, -0.15) is 4.98 Å². The van der Waals surface area contributed by atoms with E-state index in [1.54, 1.807) is 13.1 Å². The van der Waals surface area contributed by atoms with Crippen LogP contribution in [0.25, 0.3) is 6.20 Å². The minimum absolute atomic E-state index is 0.201. The van der Waals surface area contributed by atoms with Gasteiger partial charge in [-0.05, 0) is 18.6 Å². The highest BCUT2D eigenvalue weighted by molar-refractivity contribution is 5.48. The molecule has 74 valence electrons. The number of nitrogens with zero attached hydrogens (tertiary/aromatic N) is 2. The van der Waals surface area contributed by atoms with Crippen LogP contribution in [0.4, 0.5) is 5.82 Å². The first-order chi connectivity index (χ1) is 6.49. The van der Waals surface area contributed by atoms with Crippen molar-refractivity contribution in [1.82, 2.24) is 9.55 Å². The van der Waals surface area contributed by atoms with Crippen molar-refractivity contribution in [1.29, 1.82) is 0 Å². The van der Waals surface area contributed by atoms with Gasteiger partial charge in [-0.15, -0.1) is 0 Å². The van der Waals surface area contributed by atoms with Crippen LogP contribution in [0.1, 0.15) is 13.3 Å². The first kappa shape index (κ1) is 8.96. The van der Waals surface area contributed by atoms with E-state index in [0.717, 1.165) is 5.57 Å². The number of rotatable bonds is 1. The fourth-order valence-electron chi connectivity index (χ4n) is 1.20. The molecular formula is C9H11N3O2. The first-order valence-corrected chi connectivity index (χ1v) is 4.27. The van der Waals surface area contributed by atoms with E-state index in [4.69, 9.17) is 5.73 Å². The van der Waals surface area contributed by atoms with Gasteiger partial charge < -0.3 is 10.8 Å². The second-order valence-corrected chi connectivity index (χ2v) is 3.65. The van der Waals surface area contributed by atoms with Crippen LogP contribution < -0.4 is 11.4 Å². The Labute approximate surface area is 80.5 Å². The Hall–Kier alpha value is -1.62. The van der Waals surface area contributed by atoms with Crippen molar-refractivity contribution in [2.24, 2.45) is 0 Å². The summed E-state index contributed by atoms with van der Waals surface area (Å²) in [6.07, 6.45) is 3.73. The number of aliphatic hydroxyl groups is 1. The molecule has 0 aliphatic heterocycles. The number of anilines is 1. The number of aromatic nitrogens is 2. The van der Waals surface area contributed by atoms with Crippen LogP contribution in [0.15, 0.2) is 22.6 Å². The standard InChI is InChI=1S/C9H11N3O2/c1-9(14)4-6(9)5-12-3-2-7(10)11-8(12)13/h2-3,5,14H,4H2,1H3,(H2,10,11,13). The zero-order valence-electron chi connectivity index (χ0n) is 7.77. The number of nitrogens with two attached hydrogens (primary N) is 1. The number of nitrogen functional groups attached to an aromatic ring is 1. The van der Waals surface area contributed by atoms with Crippen molar-refractivity contribution < 1.29 is 5.11 Å². The minimum Gasteiger partial charge on any atom is -0.385 e. The van der Waals surface area contributed by atoms with Gasteiger partial charge in [0.05, 0.1) is 5.60 Å². The van der Waals surface area contributed by atoms with Gasteiger partial charge in [0.2, 0.25) is 0 Å².